The first-order chi connectivity index (χ1) is 12.6. The van der Waals surface area contributed by atoms with E-state index in [1.165, 1.54) is 0 Å². The molecule has 27 heavy (non-hydrogen) atoms. The number of allylic oxidation sites excluding steroid dienone is 1. The second-order valence-corrected chi connectivity index (χ2v) is 14.2. The van der Waals surface area contributed by atoms with Crippen molar-refractivity contribution >= 4 is 15.9 Å². The van der Waals surface area contributed by atoms with E-state index in [0.29, 0.717) is 0 Å². The normalized spacial score (nSPS) is 26.4. The quantitative estimate of drug-likeness (QED) is 0.381. The minimum absolute atomic E-state index is 0.0204. The molecule has 0 N–H and O–H groups in total. The van der Waals surface area contributed by atoms with Gasteiger partial charge in [0, 0.05) is 11.5 Å². The zero-order valence-corrected chi connectivity index (χ0v) is 19.4. The van der Waals surface area contributed by atoms with E-state index in [1.807, 2.05) is 36.4 Å². The molecule has 5 nitrogen and oxygen atoms in total. The molecule has 1 aliphatic heterocycles. The van der Waals surface area contributed by atoms with Crippen molar-refractivity contribution in [1.82, 2.24) is 0 Å². The molecule has 0 aliphatic carbocycles. The Kier molecular flexibility index (Phi) is 7.15. The lowest BCUT2D eigenvalue weighted by Crippen LogP contribution is -2.50. The van der Waals surface area contributed by atoms with E-state index in [-0.39, 0.29) is 30.5 Å². The van der Waals surface area contributed by atoms with Gasteiger partial charge in [-0.3, -0.25) is 4.57 Å². The molecule has 1 aromatic rings. The molecular formula is C20H33O5PSi. The average Bonchev–Trinajstić information content (AvgIpc) is 2.59. The first kappa shape index (κ1) is 22.4. The zero-order chi connectivity index (χ0) is 20.3. The summed E-state index contributed by atoms with van der Waals surface area (Å²) in [5.41, 5.74) is 1.16. The van der Waals surface area contributed by atoms with Crippen molar-refractivity contribution in [2.24, 2.45) is 11.8 Å². The highest BCUT2D eigenvalue weighted by atomic mass is 31.2. The lowest BCUT2D eigenvalue weighted by atomic mass is 9.82. The van der Waals surface area contributed by atoms with Crippen LogP contribution >= 0.6 is 7.60 Å². The molecule has 0 aromatic heterocycles. The summed E-state index contributed by atoms with van der Waals surface area (Å²) in [6.07, 6.45) is 1.87. The van der Waals surface area contributed by atoms with Crippen LogP contribution in [0.5, 0.6) is 0 Å². The molecule has 0 fully saturated rings. The first-order valence-corrected chi connectivity index (χ1v) is 14.6. The topological polar surface area (TPSA) is 54.0 Å². The van der Waals surface area contributed by atoms with Crippen molar-refractivity contribution < 1.29 is 22.8 Å². The summed E-state index contributed by atoms with van der Waals surface area (Å²) in [6, 6.07) is 9.89. The minimum atomic E-state index is -3.55. The van der Waals surface area contributed by atoms with Gasteiger partial charge in [0.25, 0.3) is 0 Å². The Bertz CT molecular complexity index is 690. The maximum Gasteiger partial charge on any atom is 0.395 e. The SMILES string of the molecule is CCOP(=O)(OCC)C1=C[C@@H](C)[C@H](C)[C@@](O[Si](C)(C)C)(c2ccccc2)O1. The lowest BCUT2D eigenvalue weighted by molar-refractivity contribution is -0.217. The van der Waals surface area contributed by atoms with Crippen LogP contribution in [0.2, 0.25) is 19.6 Å². The highest BCUT2D eigenvalue weighted by Crippen LogP contribution is 2.62. The van der Waals surface area contributed by atoms with E-state index < -0.39 is 21.7 Å². The molecule has 0 unspecified atom stereocenters. The summed E-state index contributed by atoms with van der Waals surface area (Å²) in [6.45, 7) is 14.7. The van der Waals surface area contributed by atoms with Gasteiger partial charge in [-0.25, -0.2) is 0 Å². The Morgan fingerprint density at radius 3 is 2.11 bits per heavy atom. The smallest absolute Gasteiger partial charge is 0.395 e. The second kappa shape index (κ2) is 8.62. The van der Waals surface area contributed by atoms with Crippen molar-refractivity contribution in [2.75, 3.05) is 13.2 Å². The van der Waals surface area contributed by atoms with Crippen molar-refractivity contribution in [3.05, 3.63) is 47.5 Å². The van der Waals surface area contributed by atoms with Crippen LogP contribution in [0.25, 0.3) is 0 Å². The molecule has 0 radical (unpaired) electrons. The van der Waals surface area contributed by atoms with Gasteiger partial charge in [0.2, 0.25) is 11.3 Å². The number of ether oxygens (including phenoxy) is 1. The molecular weight excluding hydrogens is 379 g/mol. The third kappa shape index (κ3) is 4.93. The van der Waals surface area contributed by atoms with Crippen molar-refractivity contribution in [1.29, 1.82) is 0 Å². The molecule has 0 bridgehead atoms. The van der Waals surface area contributed by atoms with E-state index in [4.69, 9.17) is 18.2 Å². The lowest BCUT2D eigenvalue weighted by Gasteiger charge is -2.48. The van der Waals surface area contributed by atoms with E-state index in [9.17, 15) is 4.57 Å². The van der Waals surface area contributed by atoms with Crippen molar-refractivity contribution in [3.63, 3.8) is 0 Å². The summed E-state index contributed by atoms with van der Waals surface area (Å²) in [7, 11) is -5.57. The predicted molar refractivity (Wildman–Crippen MR) is 111 cm³/mol. The molecule has 0 spiro atoms. The van der Waals surface area contributed by atoms with Crippen LogP contribution in [-0.2, 0) is 28.6 Å². The number of rotatable bonds is 8. The predicted octanol–water partition coefficient (Wildman–Crippen LogP) is 6.10. The summed E-state index contributed by atoms with van der Waals surface area (Å²) in [5.74, 6) is -0.939. The van der Waals surface area contributed by atoms with Gasteiger partial charge in [-0.1, -0.05) is 44.2 Å². The highest BCUT2D eigenvalue weighted by molar-refractivity contribution is 7.58. The van der Waals surface area contributed by atoms with Gasteiger partial charge in [0.1, 0.15) is 0 Å². The first-order valence-electron chi connectivity index (χ1n) is 9.64. The Morgan fingerprint density at radius 1 is 1.07 bits per heavy atom. The maximum atomic E-state index is 13.4. The van der Waals surface area contributed by atoms with Crippen molar-refractivity contribution in [3.8, 4) is 0 Å². The van der Waals surface area contributed by atoms with Crippen LogP contribution in [-0.4, -0.2) is 21.5 Å². The van der Waals surface area contributed by atoms with Gasteiger partial charge >= 0.3 is 7.60 Å². The fourth-order valence-electron chi connectivity index (χ4n) is 3.27. The van der Waals surface area contributed by atoms with Crippen LogP contribution in [0.3, 0.4) is 0 Å². The van der Waals surface area contributed by atoms with Crippen LogP contribution < -0.4 is 0 Å². The van der Waals surface area contributed by atoms with Crippen LogP contribution in [0.1, 0.15) is 33.3 Å². The number of hydrogen-bond acceptors (Lipinski definition) is 5. The minimum Gasteiger partial charge on any atom is -0.450 e. The third-order valence-electron chi connectivity index (χ3n) is 4.55. The average molecular weight is 413 g/mol. The summed E-state index contributed by atoms with van der Waals surface area (Å²) in [5, 5.41) is 0. The molecule has 1 heterocycles. The molecule has 0 saturated heterocycles. The van der Waals surface area contributed by atoms with Gasteiger partial charge in [-0.2, -0.15) is 0 Å². The summed E-state index contributed by atoms with van der Waals surface area (Å²) in [4.78, 5) is 0. The largest absolute Gasteiger partial charge is 0.450 e. The van der Waals surface area contributed by atoms with E-state index in [2.05, 4.69) is 33.5 Å². The fourth-order valence-corrected chi connectivity index (χ4v) is 6.20. The van der Waals surface area contributed by atoms with Gasteiger partial charge in [-0.05, 0) is 45.5 Å². The maximum absolute atomic E-state index is 13.4. The number of hydrogen-bond donors (Lipinski definition) is 0. The molecule has 7 heteroatoms. The standard InChI is InChI=1S/C20H33O5PSi/c1-8-22-26(21,23-9-2)19-15-16(3)17(4)20(24-19,25-27(5,6)7)18-13-11-10-12-14-18/h10-17H,8-9H2,1-7H3/t16-,17+,20-/m1/s1. The Morgan fingerprint density at radius 2 is 1.63 bits per heavy atom. The van der Waals surface area contributed by atoms with Crippen LogP contribution in [0.15, 0.2) is 41.9 Å². The molecule has 1 aromatic carbocycles. The van der Waals surface area contributed by atoms with E-state index in [1.54, 1.807) is 13.8 Å². The summed E-state index contributed by atoms with van der Waals surface area (Å²) >= 11 is 0. The number of benzene rings is 1. The Labute approximate surface area is 164 Å². The van der Waals surface area contributed by atoms with Crippen molar-refractivity contribution in [2.45, 2.75) is 53.1 Å². The zero-order valence-electron chi connectivity index (χ0n) is 17.5. The van der Waals surface area contributed by atoms with Gasteiger partial charge in [0.05, 0.1) is 13.2 Å². The molecule has 0 amide bonds. The monoisotopic (exact) mass is 412 g/mol. The highest BCUT2D eigenvalue weighted by Gasteiger charge is 2.52. The van der Waals surface area contributed by atoms with Gasteiger partial charge in [0.15, 0.2) is 8.32 Å². The Hall–Kier alpha value is -0.913. The molecule has 1 aliphatic rings. The van der Waals surface area contributed by atoms with Crippen LogP contribution in [0.4, 0.5) is 0 Å². The molecule has 2 rings (SSSR count). The molecule has 3 atom stereocenters. The van der Waals surface area contributed by atoms with E-state index in [0.717, 1.165) is 5.56 Å². The van der Waals surface area contributed by atoms with E-state index >= 15 is 0 Å². The molecule has 152 valence electrons. The fraction of sp³-hybridized carbons (Fsp3) is 0.600. The van der Waals surface area contributed by atoms with Gasteiger partial charge < -0.3 is 18.2 Å². The third-order valence-corrected chi connectivity index (χ3v) is 7.44. The van der Waals surface area contributed by atoms with Gasteiger partial charge in [-0.15, -0.1) is 0 Å². The summed E-state index contributed by atoms with van der Waals surface area (Å²) < 4.78 is 37.6. The molecule has 0 saturated carbocycles. The Balaban J connectivity index is 2.60. The van der Waals surface area contributed by atoms with Crippen LogP contribution in [0, 0.1) is 11.8 Å². The second-order valence-electron chi connectivity index (χ2n) is 7.84.